The second-order valence-corrected chi connectivity index (χ2v) is 3.24. The maximum atomic E-state index is 10.6. The molecule has 0 amide bonds. The largest absolute Gasteiger partial charge is 0.315 e. The van der Waals surface area contributed by atoms with Crippen LogP contribution in [0.15, 0.2) is 23.8 Å². The molecule has 3 rings (SSSR count). The molecule has 0 aromatic rings. The van der Waals surface area contributed by atoms with E-state index in [1.54, 1.807) is 18.2 Å². The van der Waals surface area contributed by atoms with Crippen molar-refractivity contribution in [1.29, 1.82) is 0 Å². The summed E-state index contributed by atoms with van der Waals surface area (Å²) in [6.45, 7) is 0.181. The molecule has 14 heavy (non-hydrogen) atoms. The third kappa shape index (κ3) is 0.802. The first-order chi connectivity index (χ1) is 6.80. The van der Waals surface area contributed by atoms with Crippen molar-refractivity contribution < 1.29 is 23.7 Å². The van der Waals surface area contributed by atoms with Gasteiger partial charge in [-0.3, -0.25) is 4.79 Å². The van der Waals surface area contributed by atoms with Crippen LogP contribution in [-0.2, 0) is 23.7 Å². The molecule has 1 aliphatic carbocycles. The van der Waals surface area contributed by atoms with E-state index in [0.717, 1.165) is 6.29 Å². The molecule has 0 saturated carbocycles. The Balaban J connectivity index is 2.11. The Morgan fingerprint density at radius 2 is 1.79 bits per heavy atom. The summed E-state index contributed by atoms with van der Waals surface area (Å²) in [5.41, 5.74) is 0.497. The van der Waals surface area contributed by atoms with Gasteiger partial charge in [0.25, 0.3) is 11.6 Å². The first-order valence-electron chi connectivity index (χ1n) is 4.23. The Bertz CT molecular complexity index is 333. The normalized spacial score (nSPS) is 44.4. The molecule has 2 saturated heterocycles. The topological polar surface area (TPSA) is 54.0 Å². The monoisotopic (exact) mass is 196 g/mol. The van der Waals surface area contributed by atoms with Crippen molar-refractivity contribution in [3.8, 4) is 0 Å². The van der Waals surface area contributed by atoms with E-state index in [4.69, 9.17) is 18.9 Å². The molecule has 74 valence electrons. The Hall–Kier alpha value is -1.01. The van der Waals surface area contributed by atoms with Crippen LogP contribution in [0.1, 0.15) is 0 Å². The number of aldehydes is 1. The molecule has 0 N–H and O–H groups in total. The van der Waals surface area contributed by atoms with Crippen LogP contribution < -0.4 is 0 Å². The van der Waals surface area contributed by atoms with Gasteiger partial charge in [0, 0.05) is 5.57 Å². The number of ether oxygens (including phenoxy) is 4. The Morgan fingerprint density at radius 1 is 1.14 bits per heavy atom. The van der Waals surface area contributed by atoms with Crippen LogP contribution in [0.25, 0.3) is 0 Å². The average molecular weight is 196 g/mol. The van der Waals surface area contributed by atoms with Gasteiger partial charge in [-0.25, -0.2) is 0 Å². The summed E-state index contributed by atoms with van der Waals surface area (Å²) in [4.78, 5) is 10.6. The summed E-state index contributed by atoms with van der Waals surface area (Å²) in [5, 5.41) is 0. The van der Waals surface area contributed by atoms with E-state index < -0.39 is 11.6 Å². The summed E-state index contributed by atoms with van der Waals surface area (Å²) >= 11 is 0. The van der Waals surface area contributed by atoms with Crippen molar-refractivity contribution >= 4 is 6.29 Å². The molecule has 5 nitrogen and oxygen atoms in total. The Morgan fingerprint density at radius 3 is 2.43 bits per heavy atom. The number of carbonyl (C=O) groups is 1. The van der Waals surface area contributed by atoms with E-state index in [1.807, 2.05) is 0 Å². The highest BCUT2D eigenvalue weighted by Gasteiger charge is 2.63. The van der Waals surface area contributed by atoms with Crippen LogP contribution in [0.3, 0.4) is 0 Å². The molecule has 0 unspecified atom stereocenters. The minimum atomic E-state index is -1.07. The molecule has 0 bridgehead atoms. The van der Waals surface area contributed by atoms with Gasteiger partial charge in [0.05, 0.1) is 0 Å². The van der Waals surface area contributed by atoms with Gasteiger partial charge in [-0.2, -0.15) is 0 Å². The van der Waals surface area contributed by atoms with E-state index in [9.17, 15) is 4.79 Å². The highest BCUT2D eigenvalue weighted by Crippen LogP contribution is 2.47. The number of carbonyl (C=O) groups excluding carboxylic acids is 1. The van der Waals surface area contributed by atoms with Gasteiger partial charge in [-0.15, -0.1) is 0 Å². The van der Waals surface area contributed by atoms with Gasteiger partial charge < -0.3 is 18.9 Å². The van der Waals surface area contributed by atoms with Crippen molar-refractivity contribution in [3.63, 3.8) is 0 Å². The lowest BCUT2D eigenvalue weighted by Gasteiger charge is -2.30. The molecular weight excluding hydrogens is 188 g/mol. The van der Waals surface area contributed by atoms with Crippen molar-refractivity contribution in [2.75, 3.05) is 13.6 Å². The van der Waals surface area contributed by atoms with Crippen LogP contribution in [0, 0.1) is 0 Å². The predicted molar refractivity (Wildman–Crippen MR) is 42.8 cm³/mol. The van der Waals surface area contributed by atoms with Crippen molar-refractivity contribution in [2.45, 2.75) is 11.6 Å². The van der Waals surface area contributed by atoms with Crippen molar-refractivity contribution in [2.24, 2.45) is 0 Å². The second kappa shape index (κ2) is 2.52. The van der Waals surface area contributed by atoms with Crippen LogP contribution in [-0.4, -0.2) is 31.4 Å². The van der Waals surface area contributed by atoms with Gasteiger partial charge in [0.1, 0.15) is 6.29 Å². The fourth-order valence-corrected chi connectivity index (χ4v) is 1.84. The molecule has 0 aromatic heterocycles. The van der Waals surface area contributed by atoms with Crippen molar-refractivity contribution in [1.82, 2.24) is 0 Å². The SMILES string of the molecule is O=CC1=CC23OCOC2(C=C1)OCO3. The Kier molecular flexibility index (Phi) is 1.49. The lowest BCUT2D eigenvalue weighted by Crippen LogP contribution is -2.48. The average Bonchev–Trinajstić information content (AvgIpc) is 2.70. The fraction of sp³-hybridized carbons (Fsp3) is 0.444. The lowest BCUT2D eigenvalue weighted by atomic mass is 9.96. The first-order valence-corrected chi connectivity index (χ1v) is 4.23. The summed E-state index contributed by atoms with van der Waals surface area (Å²) in [5.74, 6) is -2.07. The maximum Gasteiger partial charge on any atom is 0.253 e. The Labute approximate surface area is 79.9 Å². The zero-order chi connectivity index (χ0) is 9.65. The third-order valence-corrected chi connectivity index (χ3v) is 2.57. The quantitative estimate of drug-likeness (QED) is 0.556. The highest BCUT2D eigenvalue weighted by atomic mass is 16.9. The van der Waals surface area contributed by atoms with Gasteiger partial charge in [-0.05, 0) is 12.2 Å². The summed E-state index contributed by atoms with van der Waals surface area (Å²) in [6.07, 6.45) is 5.60. The summed E-state index contributed by atoms with van der Waals surface area (Å²) in [6, 6.07) is 0. The first kappa shape index (κ1) is 8.31. The van der Waals surface area contributed by atoms with E-state index in [0.29, 0.717) is 5.57 Å². The summed E-state index contributed by atoms with van der Waals surface area (Å²) in [7, 11) is 0. The van der Waals surface area contributed by atoms with Crippen molar-refractivity contribution in [3.05, 3.63) is 23.8 Å². The maximum absolute atomic E-state index is 10.6. The molecule has 5 heteroatoms. The van der Waals surface area contributed by atoms with Gasteiger partial charge in [-0.1, -0.05) is 6.08 Å². The second-order valence-electron chi connectivity index (χ2n) is 3.24. The van der Waals surface area contributed by atoms with E-state index in [1.165, 1.54) is 0 Å². The molecule has 2 heterocycles. The number of hydrogen-bond acceptors (Lipinski definition) is 5. The zero-order valence-electron chi connectivity index (χ0n) is 7.26. The lowest BCUT2D eigenvalue weighted by molar-refractivity contribution is -0.161. The van der Waals surface area contributed by atoms with Gasteiger partial charge in [0.15, 0.2) is 13.6 Å². The van der Waals surface area contributed by atoms with Crippen LogP contribution in [0.4, 0.5) is 0 Å². The zero-order valence-corrected chi connectivity index (χ0v) is 7.26. The van der Waals surface area contributed by atoms with E-state index in [-0.39, 0.29) is 13.6 Å². The van der Waals surface area contributed by atoms with Crippen LogP contribution in [0.5, 0.6) is 0 Å². The molecule has 2 aliphatic heterocycles. The van der Waals surface area contributed by atoms with E-state index >= 15 is 0 Å². The molecule has 2 fully saturated rings. The number of allylic oxidation sites excluding steroid dienone is 2. The smallest absolute Gasteiger partial charge is 0.253 e. The van der Waals surface area contributed by atoms with Crippen LogP contribution in [0.2, 0.25) is 0 Å². The molecule has 0 radical (unpaired) electrons. The standard InChI is InChI=1S/C9H8O5/c10-4-7-1-2-8-9(3-7,13-5-11-8)14-6-12-8/h1-4H,5-6H2. The molecular formula is C9H8O5. The van der Waals surface area contributed by atoms with Gasteiger partial charge in [0.2, 0.25) is 0 Å². The third-order valence-electron chi connectivity index (χ3n) is 2.57. The molecule has 3 aliphatic rings. The summed E-state index contributed by atoms with van der Waals surface area (Å²) < 4.78 is 21.3. The minimum absolute atomic E-state index is 0.0903. The fourth-order valence-electron chi connectivity index (χ4n) is 1.84. The van der Waals surface area contributed by atoms with Gasteiger partial charge >= 0.3 is 0 Å². The van der Waals surface area contributed by atoms with E-state index in [2.05, 4.69) is 0 Å². The van der Waals surface area contributed by atoms with Crippen LogP contribution >= 0.6 is 0 Å². The highest BCUT2D eigenvalue weighted by molar-refractivity contribution is 5.78. The number of hydrogen-bond donors (Lipinski definition) is 0. The molecule has 0 aromatic carbocycles. The number of rotatable bonds is 1. The minimum Gasteiger partial charge on any atom is -0.315 e. The molecule has 0 spiro atoms. The molecule has 0 atom stereocenters. The predicted octanol–water partition coefficient (Wildman–Crippen LogP) is 0.0827.